The maximum absolute atomic E-state index is 12.3. The Balaban J connectivity index is 2.32. The highest BCUT2D eigenvalue weighted by Crippen LogP contribution is 2.19. The van der Waals surface area contributed by atoms with Crippen LogP contribution in [0, 0.1) is 0 Å². The molecule has 138 valence electrons. The maximum atomic E-state index is 12.3. The molecule has 8 heteroatoms. The zero-order valence-electron chi connectivity index (χ0n) is 15.0. The molecule has 26 heavy (non-hydrogen) atoms. The number of aromatic nitrogens is 1. The first kappa shape index (κ1) is 19.2. The van der Waals surface area contributed by atoms with Crippen molar-refractivity contribution in [2.75, 3.05) is 25.0 Å². The van der Waals surface area contributed by atoms with Gasteiger partial charge in [0.05, 0.1) is 6.54 Å². The number of nitrogens with two attached hydrogens (primary N) is 2. The molecule has 8 nitrogen and oxygen atoms in total. The molecule has 0 saturated heterocycles. The van der Waals surface area contributed by atoms with Crippen molar-refractivity contribution in [1.82, 2.24) is 9.47 Å². The van der Waals surface area contributed by atoms with E-state index in [9.17, 15) is 9.59 Å². The fraction of sp³-hybridized carbons (Fsp3) is 0.278. The van der Waals surface area contributed by atoms with Crippen LogP contribution in [0.25, 0.3) is 5.69 Å². The van der Waals surface area contributed by atoms with Crippen LogP contribution >= 0.6 is 0 Å². The number of benzene rings is 1. The number of hydrogen-bond donors (Lipinski definition) is 3. The lowest BCUT2D eigenvalue weighted by atomic mass is 10.1. The maximum Gasteiger partial charge on any atom is 0.280 e. The molecular formula is C18H24N6O2. The molecular weight excluding hydrogens is 332 g/mol. The van der Waals surface area contributed by atoms with E-state index in [1.165, 1.54) is 0 Å². The Morgan fingerprint density at radius 3 is 2.35 bits per heavy atom. The molecule has 0 fully saturated rings. The monoisotopic (exact) mass is 356 g/mol. The van der Waals surface area contributed by atoms with Gasteiger partial charge in [0.1, 0.15) is 0 Å². The zero-order valence-corrected chi connectivity index (χ0v) is 15.0. The van der Waals surface area contributed by atoms with Crippen LogP contribution < -0.4 is 16.8 Å². The van der Waals surface area contributed by atoms with Crippen LogP contribution in [0.5, 0.6) is 0 Å². The molecule has 0 spiro atoms. The van der Waals surface area contributed by atoms with Crippen LogP contribution in [0.4, 0.5) is 5.69 Å². The van der Waals surface area contributed by atoms with E-state index in [1.807, 2.05) is 47.8 Å². The number of aliphatic imine (C=N–C) groups is 1. The molecule has 0 aliphatic rings. The predicted octanol–water partition coefficient (Wildman–Crippen LogP) is 1.17. The highest BCUT2D eigenvalue weighted by molar-refractivity contribution is 6.03. The van der Waals surface area contributed by atoms with Crippen molar-refractivity contribution in [2.24, 2.45) is 16.5 Å². The van der Waals surface area contributed by atoms with E-state index < -0.39 is 5.91 Å². The second kappa shape index (κ2) is 8.82. The third kappa shape index (κ3) is 5.18. The van der Waals surface area contributed by atoms with Gasteiger partial charge in [0.2, 0.25) is 5.91 Å². The van der Waals surface area contributed by atoms with Crippen molar-refractivity contribution in [3.8, 4) is 5.69 Å². The van der Waals surface area contributed by atoms with Crippen molar-refractivity contribution in [3.05, 3.63) is 48.3 Å². The van der Waals surface area contributed by atoms with Crippen LogP contribution in [-0.4, -0.2) is 46.9 Å². The van der Waals surface area contributed by atoms with Gasteiger partial charge < -0.3 is 21.4 Å². The van der Waals surface area contributed by atoms with Gasteiger partial charge in [-0.05, 0) is 43.4 Å². The number of hydrogen-bond acceptors (Lipinski definition) is 3. The van der Waals surface area contributed by atoms with Crippen molar-refractivity contribution in [1.29, 1.82) is 0 Å². The summed E-state index contributed by atoms with van der Waals surface area (Å²) in [6.45, 7) is 5.83. The fourth-order valence-corrected chi connectivity index (χ4v) is 2.50. The second-order valence-corrected chi connectivity index (χ2v) is 5.71. The van der Waals surface area contributed by atoms with Gasteiger partial charge in [0, 0.05) is 29.3 Å². The molecule has 0 atom stereocenters. The SMILES string of the molecule is CCN(CC)CC(=O)Nc1cc(C(=O)N=C(N)N)cc(-n2cccc2)c1. The third-order valence-electron chi connectivity index (χ3n) is 3.84. The Morgan fingerprint density at radius 2 is 1.77 bits per heavy atom. The molecule has 0 saturated carbocycles. The molecule has 1 aromatic heterocycles. The van der Waals surface area contributed by atoms with Gasteiger partial charge in [-0.25, -0.2) is 0 Å². The van der Waals surface area contributed by atoms with E-state index in [2.05, 4.69) is 10.3 Å². The van der Waals surface area contributed by atoms with Gasteiger partial charge in [0.15, 0.2) is 5.96 Å². The van der Waals surface area contributed by atoms with E-state index in [4.69, 9.17) is 11.5 Å². The van der Waals surface area contributed by atoms with Gasteiger partial charge in [-0.3, -0.25) is 14.5 Å². The summed E-state index contributed by atoms with van der Waals surface area (Å²) in [5.74, 6) is -1.04. The predicted molar refractivity (Wildman–Crippen MR) is 102 cm³/mol. The van der Waals surface area contributed by atoms with E-state index >= 15 is 0 Å². The Morgan fingerprint density at radius 1 is 1.12 bits per heavy atom. The van der Waals surface area contributed by atoms with E-state index in [0.717, 1.165) is 13.1 Å². The van der Waals surface area contributed by atoms with Crippen LogP contribution in [0.1, 0.15) is 24.2 Å². The topological polar surface area (TPSA) is 119 Å². The van der Waals surface area contributed by atoms with Crippen molar-refractivity contribution < 1.29 is 9.59 Å². The number of nitrogens with one attached hydrogen (secondary N) is 1. The summed E-state index contributed by atoms with van der Waals surface area (Å²) < 4.78 is 1.83. The minimum atomic E-state index is -0.571. The van der Waals surface area contributed by atoms with Crippen LogP contribution in [0.3, 0.4) is 0 Å². The number of carbonyl (C=O) groups excluding carboxylic acids is 2. The molecule has 2 rings (SSSR count). The van der Waals surface area contributed by atoms with Gasteiger partial charge in [-0.15, -0.1) is 0 Å². The van der Waals surface area contributed by atoms with E-state index in [0.29, 0.717) is 11.4 Å². The standard InChI is InChI=1S/C18H24N6O2/c1-3-23(4-2)12-16(25)21-14-9-13(17(26)22-18(19)20)10-15(11-14)24-7-5-6-8-24/h5-11H,3-4,12H2,1-2H3,(H,21,25)(H4,19,20,22,26). The lowest BCUT2D eigenvalue weighted by molar-refractivity contribution is -0.117. The van der Waals surface area contributed by atoms with Gasteiger partial charge in [0.25, 0.3) is 5.91 Å². The Bertz CT molecular complexity index is 790. The summed E-state index contributed by atoms with van der Waals surface area (Å²) in [5, 5.41) is 2.83. The number of likely N-dealkylation sites (N-methyl/N-ethyl adjacent to an activating group) is 1. The average molecular weight is 356 g/mol. The minimum absolute atomic E-state index is 0.154. The first-order valence-corrected chi connectivity index (χ1v) is 8.37. The molecule has 0 radical (unpaired) electrons. The first-order chi connectivity index (χ1) is 12.4. The highest BCUT2D eigenvalue weighted by Gasteiger charge is 2.12. The summed E-state index contributed by atoms with van der Waals surface area (Å²) in [7, 11) is 0. The number of guanidine groups is 1. The quantitative estimate of drug-likeness (QED) is 0.508. The lowest BCUT2D eigenvalue weighted by Gasteiger charge is -2.17. The number of carbonyl (C=O) groups is 2. The largest absolute Gasteiger partial charge is 0.370 e. The second-order valence-electron chi connectivity index (χ2n) is 5.71. The highest BCUT2D eigenvalue weighted by atomic mass is 16.2. The summed E-state index contributed by atoms with van der Waals surface area (Å²) >= 11 is 0. The molecule has 1 heterocycles. The minimum Gasteiger partial charge on any atom is -0.370 e. The van der Waals surface area contributed by atoms with E-state index in [1.54, 1.807) is 18.2 Å². The molecule has 2 aromatic rings. The summed E-state index contributed by atoms with van der Waals surface area (Å²) in [6.07, 6.45) is 3.68. The molecule has 0 bridgehead atoms. The molecule has 0 unspecified atom stereocenters. The van der Waals surface area contributed by atoms with Gasteiger partial charge >= 0.3 is 0 Å². The summed E-state index contributed by atoms with van der Waals surface area (Å²) in [6, 6.07) is 8.73. The molecule has 0 aliphatic carbocycles. The Kier molecular flexibility index (Phi) is 6.51. The van der Waals surface area contributed by atoms with E-state index in [-0.39, 0.29) is 24.0 Å². The summed E-state index contributed by atoms with van der Waals surface area (Å²) in [4.78, 5) is 30.1. The fourth-order valence-electron chi connectivity index (χ4n) is 2.50. The van der Waals surface area contributed by atoms with Crippen molar-refractivity contribution in [2.45, 2.75) is 13.8 Å². The summed E-state index contributed by atoms with van der Waals surface area (Å²) in [5.41, 5.74) is 12.1. The van der Waals surface area contributed by atoms with Crippen molar-refractivity contribution in [3.63, 3.8) is 0 Å². The first-order valence-electron chi connectivity index (χ1n) is 8.37. The van der Waals surface area contributed by atoms with Crippen molar-refractivity contribution >= 4 is 23.5 Å². The number of rotatable bonds is 7. The molecule has 5 N–H and O–H groups in total. The number of nitrogens with zero attached hydrogens (tertiary/aromatic N) is 3. The molecule has 1 aromatic carbocycles. The smallest absolute Gasteiger partial charge is 0.280 e. The zero-order chi connectivity index (χ0) is 19.1. The Labute approximate surface area is 152 Å². The average Bonchev–Trinajstić information content (AvgIpc) is 3.13. The normalized spacial score (nSPS) is 10.6. The van der Waals surface area contributed by atoms with Gasteiger partial charge in [-0.1, -0.05) is 13.8 Å². The Hall–Kier alpha value is -3.13. The van der Waals surface area contributed by atoms with Gasteiger partial charge in [-0.2, -0.15) is 4.99 Å². The number of amides is 2. The third-order valence-corrected chi connectivity index (χ3v) is 3.84. The molecule has 2 amide bonds. The number of anilines is 1. The lowest BCUT2D eigenvalue weighted by Crippen LogP contribution is -2.33. The van der Waals surface area contributed by atoms with Crippen LogP contribution in [0.15, 0.2) is 47.7 Å². The molecule has 0 aliphatic heterocycles. The van der Waals surface area contributed by atoms with Crippen LogP contribution in [0.2, 0.25) is 0 Å². The van der Waals surface area contributed by atoms with Crippen LogP contribution in [-0.2, 0) is 4.79 Å².